The van der Waals surface area contributed by atoms with Crippen LogP contribution in [0.5, 0.6) is 0 Å². The van der Waals surface area contributed by atoms with Gasteiger partial charge in [-0.25, -0.2) is 0 Å². The fourth-order valence-electron chi connectivity index (χ4n) is 3.07. The van der Waals surface area contributed by atoms with E-state index >= 15 is 0 Å². The molecule has 4 nitrogen and oxygen atoms in total. The molecule has 0 saturated carbocycles. The van der Waals surface area contributed by atoms with Gasteiger partial charge in [0.25, 0.3) is 0 Å². The lowest BCUT2D eigenvalue weighted by Gasteiger charge is -2.35. The van der Waals surface area contributed by atoms with Crippen LogP contribution in [0.3, 0.4) is 0 Å². The van der Waals surface area contributed by atoms with E-state index in [0.29, 0.717) is 16.6 Å². The molecule has 3 rings (SSSR count). The first-order valence-electron chi connectivity index (χ1n) is 8.72. The van der Waals surface area contributed by atoms with Gasteiger partial charge in [0.2, 0.25) is 5.91 Å². The van der Waals surface area contributed by atoms with Crippen molar-refractivity contribution in [2.24, 2.45) is 0 Å². The monoisotopic (exact) mass is 391 g/mol. The third-order valence-electron chi connectivity index (χ3n) is 4.80. The Morgan fingerprint density at radius 1 is 0.962 bits per heavy atom. The lowest BCUT2D eigenvalue weighted by molar-refractivity contribution is -0.117. The first-order valence-corrected chi connectivity index (χ1v) is 9.47. The fourth-order valence-corrected chi connectivity index (χ4v) is 3.36. The van der Waals surface area contributed by atoms with Crippen molar-refractivity contribution < 1.29 is 4.79 Å². The molecule has 2 aromatic rings. The van der Waals surface area contributed by atoms with Crippen LogP contribution in [0.1, 0.15) is 11.1 Å². The molecule has 1 N–H and O–H groups in total. The van der Waals surface area contributed by atoms with Gasteiger partial charge in [-0.15, -0.1) is 0 Å². The largest absolute Gasteiger partial charge is 0.369 e. The first-order chi connectivity index (χ1) is 12.4. The molecular weight excluding hydrogens is 369 g/mol. The van der Waals surface area contributed by atoms with Crippen molar-refractivity contribution in [3.8, 4) is 0 Å². The number of hydrogen-bond donors (Lipinski definition) is 1. The number of anilines is 2. The van der Waals surface area contributed by atoms with Gasteiger partial charge in [-0.05, 0) is 55.3 Å². The fraction of sp³-hybridized carbons (Fsp3) is 0.350. The summed E-state index contributed by atoms with van der Waals surface area (Å²) in [6.07, 6.45) is 0. The Kier molecular flexibility index (Phi) is 6.07. The summed E-state index contributed by atoms with van der Waals surface area (Å²) in [6.45, 7) is 7.90. The zero-order chi connectivity index (χ0) is 18.7. The van der Waals surface area contributed by atoms with E-state index in [4.69, 9.17) is 23.2 Å². The van der Waals surface area contributed by atoms with Crippen LogP contribution >= 0.6 is 23.2 Å². The number of rotatable bonds is 4. The molecule has 0 aromatic heterocycles. The average molecular weight is 392 g/mol. The summed E-state index contributed by atoms with van der Waals surface area (Å²) in [5.41, 5.74) is 4.32. The molecule has 1 fully saturated rings. The molecule has 0 radical (unpaired) electrons. The minimum atomic E-state index is 0.0243. The molecular formula is C20H23Cl2N3O. The van der Waals surface area contributed by atoms with E-state index in [0.717, 1.165) is 37.6 Å². The van der Waals surface area contributed by atoms with Gasteiger partial charge in [0.05, 0.1) is 16.6 Å². The second-order valence-corrected chi connectivity index (χ2v) is 7.52. The van der Waals surface area contributed by atoms with Crippen molar-refractivity contribution in [3.63, 3.8) is 0 Å². The maximum absolute atomic E-state index is 12.3. The second kappa shape index (κ2) is 8.30. The minimum Gasteiger partial charge on any atom is -0.369 e. The number of benzene rings is 2. The predicted octanol–water partition coefficient (Wildman–Crippen LogP) is 4.37. The number of aryl methyl sites for hydroxylation is 2. The van der Waals surface area contributed by atoms with Gasteiger partial charge in [0.15, 0.2) is 0 Å². The Labute approximate surface area is 164 Å². The molecule has 1 saturated heterocycles. The molecule has 2 aromatic carbocycles. The number of nitrogens with one attached hydrogen (secondary N) is 1. The van der Waals surface area contributed by atoms with Crippen molar-refractivity contribution in [1.29, 1.82) is 0 Å². The topological polar surface area (TPSA) is 35.6 Å². The van der Waals surface area contributed by atoms with Crippen LogP contribution in [-0.2, 0) is 4.79 Å². The van der Waals surface area contributed by atoms with E-state index in [9.17, 15) is 4.79 Å². The van der Waals surface area contributed by atoms with Crippen molar-refractivity contribution in [1.82, 2.24) is 4.90 Å². The summed E-state index contributed by atoms with van der Waals surface area (Å²) in [7, 11) is 0. The van der Waals surface area contributed by atoms with Gasteiger partial charge in [0, 0.05) is 37.6 Å². The summed E-state index contributed by atoms with van der Waals surface area (Å²) in [6, 6.07) is 11.7. The lowest BCUT2D eigenvalue weighted by atomic mass is 10.1. The van der Waals surface area contributed by atoms with Crippen molar-refractivity contribution in [2.75, 3.05) is 42.9 Å². The van der Waals surface area contributed by atoms with E-state index in [-0.39, 0.29) is 5.91 Å². The Balaban J connectivity index is 1.50. The standard InChI is InChI=1S/C20H23Cl2N3O/c1-14-3-4-16(11-15(14)2)23-20(26)13-24-7-9-25(10-8-24)17-5-6-18(21)19(22)12-17/h3-6,11-12H,7-10,13H2,1-2H3,(H,23,26). The number of carbonyl (C=O) groups excluding carboxylic acids is 1. The number of nitrogens with zero attached hydrogens (tertiary/aromatic N) is 2. The molecule has 0 aliphatic carbocycles. The van der Waals surface area contributed by atoms with E-state index in [1.54, 1.807) is 0 Å². The lowest BCUT2D eigenvalue weighted by Crippen LogP contribution is -2.48. The minimum absolute atomic E-state index is 0.0243. The van der Waals surface area contributed by atoms with Gasteiger partial charge >= 0.3 is 0 Å². The number of halogens is 2. The van der Waals surface area contributed by atoms with Crippen LogP contribution in [0.15, 0.2) is 36.4 Å². The van der Waals surface area contributed by atoms with Gasteiger partial charge < -0.3 is 10.2 Å². The highest BCUT2D eigenvalue weighted by Gasteiger charge is 2.19. The quantitative estimate of drug-likeness (QED) is 0.839. The SMILES string of the molecule is Cc1ccc(NC(=O)CN2CCN(c3ccc(Cl)c(Cl)c3)CC2)cc1C. The second-order valence-electron chi connectivity index (χ2n) is 6.71. The Bertz CT molecular complexity index is 802. The van der Waals surface area contributed by atoms with Crippen LogP contribution in [0.25, 0.3) is 0 Å². The molecule has 26 heavy (non-hydrogen) atoms. The normalized spacial score (nSPS) is 15.2. The molecule has 1 aliphatic rings. The molecule has 1 heterocycles. The van der Waals surface area contributed by atoms with Crippen LogP contribution in [-0.4, -0.2) is 43.5 Å². The van der Waals surface area contributed by atoms with Gasteiger partial charge in [-0.1, -0.05) is 29.3 Å². The summed E-state index contributed by atoms with van der Waals surface area (Å²) in [5, 5.41) is 4.12. The molecule has 1 amide bonds. The summed E-state index contributed by atoms with van der Waals surface area (Å²) in [4.78, 5) is 16.7. The smallest absolute Gasteiger partial charge is 0.238 e. The molecule has 0 spiro atoms. The molecule has 1 aliphatic heterocycles. The van der Waals surface area contributed by atoms with Gasteiger partial charge in [-0.3, -0.25) is 9.69 Å². The predicted molar refractivity (Wildman–Crippen MR) is 110 cm³/mol. The van der Waals surface area contributed by atoms with Crippen LogP contribution in [0.4, 0.5) is 11.4 Å². The van der Waals surface area contributed by atoms with E-state index in [1.807, 2.05) is 43.3 Å². The zero-order valence-electron chi connectivity index (χ0n) is 15.1. The molecule has 0 atom stereocenters. The third-order valence-corrected chi connectivity index (χ3v) is 5.54. The van der Waals surface area contributed by atoms with E-state index < -0.39 is 0 Å². The molecule has 6 heteroatoms. The Morgan fingerprint density at radius 2 is 1.69 bits per heavy atom. The molecule has 138 valence electrons. The number of hydrogen-bond acceptors (Lipinski definition) is 3. The van der Waals surface area contributed by atoms with Crippen LogP contribution in [0, 0.1) is 13.8 Å². The Morgan fingerprint density at radius 3 is 2.35 bits per heavy atom. The highest BCUT2D eigenvalue weighted by molar-refractivity contribution is 6.42. The van der Waals surface area contributed by atoms with E-state index in [1.165, 1.54) is 11.1 Å². The number of carbonyl (C=O) groups is 1. The van der Waals surface area contributed by atoms with Crippen molar-refractivity contribution in [2.45, 2.75) is 13.8 Å². The molecule has 0 unspecified atom stereocenters. The zero-order valence-corrected chi connectivity index (χ0v) is 16.6. The van der Waals surface area contributed by atoms with Crippen LogP contribution < -0.4 is 10.2 Å². The third kappa shape index (κ3) is 4.70. The van der Waals surface area contributed by atoms with E-state index in [2.05, 4.69) is 22.0 Å². The maximum atomic E-state index is 12.3. The number of piperazine rings is 1. The van der Waals surface area contributed by atoms with Gasteiger partial charge in [0.1, 0.15) is 0 Å². The van der Waals surface area contributed by atoms with Crippen molar-refractivity contribution in [3.05, 3.63) is 57.6 Å². The van der Waals surface area contributed by atoms with Gasteiger partial charge in [-0.2, -0.15) is 0 Å². The summed E-state index contributed by atoms with van der Waals surface area (Å²) >= 11 is 12.1. The average Bonchev–Trinajstić information content (AvgIpc) is 2.61. The van der Waals surface area contributed by atoms with Crippen LogP contribution in [0.2, 0.25) is 10.0 Å². The summed E-state index contributed by atoms with van der Waals surface area (Å²) in [5.74, 6) is 0.0243. The highest BCUT2D eigenvalue weighted by Crippen LogP contribution is 2.27. The molecule has 0 bridgehead atoms. The summed E-state index contributed by atoms with van der Waals surface area (Å²) < 4.78 is 0. The number of amides is 1. The Hall–Kier alpha value is -1.75. The van der Waals surface area contributed by atoms with Crippen molar-refractivity contribution >= 4 is 40.5 Å². The maximum Gasteiger partial charge on any atom is 0.238 e. The highest BCUT2D eigenvalue weighted by atomic mass is 35.5. The first kappa shape index (κ1) is 19.0.